The number of phenolic OH excluding ortho intramolecular Hbond substituents is 1. The van der Waals surface area contributed by atoms with Gasteiger partial charge in [-0.1, -0.05) is 32.9 Å². The van der Waals surface area contributed by atoms with Crippen molar-refractivity contribution in [1.29, 1.82) is 0 Å². The maximum atomic E-state index is 12.7. The van der Waals surface area contributed by atoms with Crippen LogP contribution in [0.1, 0.15) is 74.8 Å². The molecule has 6 heteroatoms. The maximum absolute atomic E-state index is 12.7. The number of hydrogen-bond acceptors (Lipinski definition) is 5. The van der Waals surface area contributed by atoms with Crippen LogP contribution in [-0.2, 0) is 25.4 Å². The van der Waals surface area contributed by atoms with E-state index >= 15 is 0 Å². The molecule has 0 heterocycles. The lowest BCUT2D eigenvalue weighted by Crippen LogP contribution is -2.21. The summed E-state index contributed by atoms with van der Waals surface area (Å²) in [5, 5.41) is 10.3. The van der Waals surface area contributed by atoms with E-state index in [1.165, 1.54) is 16.7 Å². The number of phenols is 1. The third-order valence-corrected chi connectivity index (χ3v) is 7.91. The van der Waals surface area contributed by atoms with E-state index in [4.69, 9.17) is 13.8 Å². The van der Waals surface area contributed by atoms with Gasteiger partial charge in [0.05, 0.1) is 13.2 Å². The first-order valence-corrected chi connectivity index (χ1v) is 12.8. The zero-order chi connectivity index (χ0) is 22.8. The Morgan fingerprint density at radius 2 is 1.81 bits per heavy atom. The standard InChI is InChI=1S/C25H35O5P/c1-7-29-31(27,30-8-2)16-28-21-13-18(5)24-19(14-21)11-12-25(24,6)20-9-10-23(26)22(15-20)17(3)4/h9-10,13-15,17,26H,7-8,11-12,16H2,1-6H3. The maximum Gasteiger partial charge on any atom is 0.367 e. The zero-order valence-electron chi connectivity index (χ0n) is 19.5. The summed E-state index contributed by atoms with van der Waals surface area (Å²) in [6, 6.07) is 10.1. The molecule has 31 heavy (non-hydrogen) atoms. The van der Waals surface area contributed by atoms with Crippen molar-refractivity contribution >= 4 is 7.60 Å². The van der Waals surface area contributed by atoms with E-state index in [0.29, 0.717) is 24.7 Å². The Morgan fingerprint density at radius 1 is 1.13 bits per heavy atom. The second-order valence-electron chi connectivity index (χ2n) is 8.75. The van der Waals surface area contributed by atoms with Gasteiger partial charge in [0.2, 0.25) is 0 Å². The molecule has 0 saturated heterocycles. The number of fused-ring (bicyclic) bond motifs is 1. The smallest absolute Gasteiger partial charge is 0.367 e. The van der Waals surface area contributed by atoms with Gasteiger partial charge in [-0.2, -0.15) is 0 Å². The average molecular weight is 447 g/mol. The summed E-state index contributed by atoms with van der Waals surface area (Å²) in [7, 11) is -3.26. The molecule has 0 spiro atoms. The van der Waals surface area contributed by atoms with Gasteiger partial charge in [0.1, 0.15) is 11.5 Å². The van der Waals surface area contributed by atoms with Crippen molar-refractivity contribution in [2.45, 2.75) is 65.7 Å². The van der Waals surface area contributed by atoms with Crippen LogP contribution in [0.3, 0.4) is 0 Å². The summed E-state index contributed by atoms with van der Waals surface area (Å²) >= 11 is 0. The minimum atomic E-state index is -3.26. The van der Waals surface area contributed by atoms with Crippen LogP contribution in [-0.4, -0.2) is 24.7 Å². The van der Waals surface area contributed by atoms with E-state index in [2.05, 4.69) is 39.8 Å². The molecule has 1 N–H and O–H groups in total. The number of aromatic hydroxyl groups is 1. The molecule has 0 amide bonds. The molecule has 170 valence electrons. The highest BCUT2D eigenvalue weighted by atomic mass is 31.2. The number of rotatable bonds is 9. The first-order valence-electron chi connectivity index (χ1n) is 11.1. The summed E-state index contributed by atoms with van der Waals surface area (Å²) in [6.07, 6.45) is 1.83. The molecule has 2 aromatic rings. The molecule has 1 unspecified atom stereocenters. The quantitative estimate of drug-likeness (QED) is 0.435. The Balaban J connectivity index is 1.91. The molecule has 1 atom stereocenters. The summed E-state index contributed by atoms with van der Waals surface area (Å²) < 4.78 is 29.3. The Labute approximate surface area is 186 Å². The lowest BCUT2D eigenvalue weighted by atomic mass is 9.75. The molecule has 0 radical (unpaired) electrons. The van der Waals surface area contributed by atoms with E-state index in [9.17, 15) is 9.67 Å². The van der Waals surface area contributed by atoms with Crippen molar-refractivity contribution in [1.82, 2.24) is 0 Å². The van der Waals surface area contributed by atoms with Gasteiger partial charge < -0.3 is 18.9 Å². The first-order chi connectivity index (χ1) is 14.6. The van der Waals surface area contributed by atoms with Gasteiger partial charge in [-0.05, 0) is 85.5 Å². The fraction of sp³-hybridized carbons (Fsp3) is 0.520. The molecule has 0 bridgehead atoms. The van der Waals surface area contributed by atoms with E-state index in [0.717, 1.165) is 24.0 Å². The van der Waals surface area contributed by atoms with Crippen LogP contribution >= 0.6 is 7.60 Å². The Hall–Kier alpha value is -1.81. The monoisotopic (exact) mass is 446 g/mol. The molecule has 0 fully saturated rings. The molecule has 1 aliphatic carbocycles. The second-order valence-corrected chi connectivity index (χ2v) is 10.8. The SMILES string of the molecule is CCOP(=O)(COc1cc(C)c2c(c1)CCC2(C)c1ccc(O)c(C(C)C)c1)OCC. The summed E-state index contributed by atoms with van der Waals surface area (Å²) in [6.45, 7) is 12.8. The molecule has 0 aliphatic heterocycles. The minimum absolute atomic E-state index is 0.0973. The van der Waals surface area contributed by atoms with Crippen molar-refractivity contribution in [2.75, 3.05) is 19.6 Å². The van der Waals surface area contributed by atoms with Gasteiger partial charge in [-0.3, -0.25) is 4.57 Å². The van der Waals surface area contributed by atoms with Gasteiger partial charge >= 0.3 is 7.60 Å². The van der Waals surface area contributed by atoms with Crippen LogP contribution in [0, 0.1) is 6.92 Å². The summed E-state index contributed by atoms with van der Waals surface area (Å²) in [5.74, 6) is 1.30. The van der Waals surface area contributed by atoms with Crippen molar-refractivity contribution in [3.8, 4) is 11.5 Å². The van der Waals surface area contributed by atoms with Crippen LogP contribution < -0.4 is 4.74 Å². The van der Waals surface area contributed by atoms with E-state index in [1.54, 1.807) is 13.8 Å². The molecule has 2 aromatic carbocycles. The van der Waals surface area contributed by atoms with Gasteiger partial charge in [-0.25, -0.2) is 0 Å². The van der Waals surface area contributed by atoms with Gasteiger partial charge in [0.25, 0.3) is 0 Å². The fourth-order valence-electron chi connectivity index (χ4n) is 4.71. The van der Waals surface area contributed by atoms with Gasteiger partial charge in [0, 0.05) is 5.41 Å². The Morgan fingerprint density at radius 3 is 2.42 bits per heavy atom. The topological polar surface area (TPSA) is 65.0 Å². The lowest BCUT2D eigenvalue weighted by molar-refractivity contribution is 0.197. The first kappa shape index (κ1) is 23.8. The van der Waals surface area contributed by atoms with Crippen LogP contribution in [0.2, 0.25) is 0 Å². The van der Waals surface area contributed by atoms with E-state index in [1.807, 2.05) is 18.2 Å². The van der Waals surface area contributed by atoms with Gasteiger partial charge in [0.15, 0.2) is 6.35 Å². The molecular formula is C25H35O5P. The van der Waals surface area contributed by atoms with E-state index in [-0.39, 0.29) is 17.7 Å². The fourth-order valence-corrected chi connectivity index (χ4v) is 6.03. The highest BCUT2D eigenvalue weighted by Crippen LogP contribution is 2.50. The largest absolute Gasteiger partial charge is 0.508 e. The van der Waals surface area contributed by atoms with Crippen LogP contribution in [0.4, 0.5) is 0 Å². The van der Waals surface area contributed by atoms with Crippen molar-refractivity contribution in [3.05, 3.63) is 58.1 Å². The van der Waals surface area contributed by atoms with Gasteiger partial charge in [-0.15, -0.1) is 0 Å². The van der Waals surface area contributed by atoms with E-state index < -0.39 is 7.60 Å². The number of aryl methyl sites for hydroxylation is 2. The predicted molar refractivity (Wildman–Crippen MR) is 125 cm³/mol. The normalized spacial score (nSPS) is 18.4. The summed E-state index contributed by atoms with van der Waals surface area (Å²) in [5.41, 5.74) is 5.79. The Kier molecular flexibility index (Phi) is 7.20. The van der Waals surface area contributed by atoms with Crippen LogP contribution in [0.5, 0.6) is 11.5 Å². The van der Waals surface area contributed by atoms with Crippen LogP contribution in [0.15, 0.2) is 30.3 Å². The number of ether oxygens (including phenoxy) is 1. The second kappa shape index (κ2) is 9.36. The molecular weight excluding hydrogens is 411 g/mol. The van der Waals surface area contributed by atoms with Crippen molar-refractivity contribution < 1.29 is 23.5 Å². The highest BCUT2D eigenvalue weighted by Gasteiger charge is 2.38. The molecule has 1 aliphatic rings. The third kappa shape index (κ3) is 4.84. The Bertz CT molecular complexity index is 974. The van der Waals surface area contributed by atoms with Crippen molar-refractivity contribution in [3.63, 3.8) is 0 Å². The van der Waals surface area contributed by atoms with Crippen LogP contribution in [0.25, 0.3) is 0 Å². The third-order valence-electron chi connectivity index (χ3n) is 6.16. The minimum Gasteiger partial charge on any atom is -0.508 e. The number of hydrogen-bond donors (Lipinski definition) is 1. The van der Waals surface area contributed by atoms with Crippen molar-refractivity contribution in [2.24, 2.45) is 0 Å². The zero-order valence-corrected chi connectivity index (χ0v) is 20.4. The molecule has 0 saturated carbocycles. The highest BCUT2D eigenvalue weighted by molar-refractivity contribution is 7.53. The molecule has 3 rings (SSSR count). The average Bonchev–Trinajstić information content (AvgIpc) is 3.05. The summed E-state index contributed by atoms with van der Waals surface area (Å²) in [4.78, 5) is 0. The predicted octanol–water partition coefficient (Wildman–Crippen LogP) is 6.68. The molecule has 5 nitrogen and oxygen atoms in total. The number of benzene rings is 2. The lowest BCUT2D eigenvalue weighted by Gasteiger charge is -2.29. The molecule has 0 aromatic heterocycles.